The topological polar surface area (TPSA) is 31.2 Å². The lowest BCUT2D eigenvalue weighted by molar-refractivity contribution is -0.141. The number of rotatable bonds is 5. The van der Waals surface area contributed by atoms with Gasteiger partial charge >= 0.3 is 5.97 Å². The second-order valence-corrected chi connectivity index (χ2v) is 8.59. The zero-order valence-electron chi connectivity index (χ0n) is 16.2. The highest BCUT2D eigenvalue weighted by molar-refractivity contribution is 7.98. The van der Waals surface area contributed by atoms with Crippen LogP contribution in [-0.2, 0) is 22.5 Å². The van der Waals surface area contributed by atoms with E-state index in [1.807, 2.05) is 12.1 Å². The van der Waals surface area contributed by atoms with Crippen molar-refractivity contribution in [1.29, 1.82) is 0 Å². The van der Waals surface area contributed by atoms with E-state index >= 15 is 0 Å². The number of para-hydroxylation sites is 1. The minimum atomic E-state index is -0.133. The van der Waals surface area contributed by atoms with E-state index in [0.29, 0.717) is 6.42 Å². The Hall–Kier alpha value is -1.91. The van der Waals surface area contributed by atoms with Gasteiger partial charge in [0.05, 0.1) is 19.0 Å². The summed E-state index contributed by atoms with van der Waals surface area (Å²) < 4.78 is 7.43. The van der Waals surface area contributed by atoms with Crippen LogP contribution in [0.5, 0.6) is 0 Å². The summed E-state index contributed by atoms with van der Waals surface area (Å²) in [5.41, 5.74) is 5.21. The average molecular weight is 414 g/mol. The van der Waals surface area contributed by atoms with Crippen LogP contribution in [0.1, 0.15) is 42.0 Å². The van der Waals surface area contributed by atoms with Crippen LogP contribution in [0.3, 0.4) is 0 Å². The Morgan fingerprint density at radius 1 is 1.25 bits per heavy atom. The highest BCUT2D eigenvalue weighted by atomic mass is 35.5. The third-order valence-electron chi connectivity index (χ3n) is 5.67. The summed E-state index contributed by atoms with van der Waals surface area (Å²) in [6, 6.07) is 14.6. The highest BCUT2D eigenvalue weighted by Gasteiger charge is 2.30. The second-order valence-electron chi connectivity index (χ2n) is 7.30. The molecule has 1 heterocycles. The number of methoxy groups -OCH3 is 1. The van der Waals surface area contributed by atoms with Gasteiger partial charge in [-0.2, -0.15) is 0 Å². The van der Waals surface area contributed by atoms with Gasteiger partial charge in [0.25, 0.3) is 0 Å². The molecule has 28 heavy (non-hydrogen) atoms. The van der Waals surface area contributed by atoms with Gasteiger partial charge in [-0.05, 0) is 54.8 Å². The Morgan fingerprint density at radius 3 is 2.75 bits per heavy atom. The van der Waals surface area contributed by atoms with E-state index in [0.717, 1.165) is 30.8 Å². The van der Waals surface area contributed by atoms with Crippen molar-refractivity contribution in [2.45, 2.75) is 43.0 Å². The normalized spacial score (nSPS) is 16.2. The molecule has 0 bridgehead atoms. The van der Waals surface area contributed by atoms with Crippen LogP contribution < -0.4 is 0 Å². The molecule has 1 atom stereocenters. The molecule has 0 saturated heterocycles. The van der Waals surface area contributed by atoms with E-state index in [9.17, 15) is 4.79 Å². The van der Waals surface area contributed by atoms with Crippen LogP contribution in [-0.4, -0.2) is 23.9 Å². The van der Waals surface area contributed by atoms with Crippen LogP contribution >= 0.6 is 23.4 Å². The Morgan fingerprint density at radius 2 is 2.04 bits per heavy atom. The zero-order valence-corrected chi connectivity index (χ0v) is 17.8. The first-order valence-corrected chi connectivity index (χ1v) is 11.2. The smallest absolute Gasteiger partial charge is 0.306 e. The number of hydrogen-bond donors (Lipinski definition) is 0. The molecule has 0 amide bonds. The molecule has 2 aromatic carbocycles. The van der Waals surface area contributed by atoms with Crippen molar-refractivity contribution in [2.75, 3.05) is 13.4 Å². The number of esters is 1. The minimum absolute atomic E-state index is 0.133. The van der Waals surface area contributed by atoms with E-state index in [-0.39, 0.29) is 11.9 Å². The van der Waals surface area contributed by atoms with Gasteiger partial charge in [-0.25, -0.2) is 0 Å². The molecular weight excluding hydrogens is 390 g/mol. The van der Waals surface area contributed by atoms with E-state index in [1.165, 1.54) is 39.7 Å². The molecule has 0 saturated carbocycles. The number of benzene rings is 2. The maximum absolute atomic E-state index is 12.1. The molecule has 3 nitrogen and oxygen atoms in total. The molecule has 0 spiro atoms. The van der Waals surface area contributed by atoms with Gasteiger partial charge in [0.1, 0.15) is 0 Å². The predicted octanol–water partition coefficient (Wildman–Crippen LogP) is 6.05. The third-order valence-corrected chi connectivity index (χ3v) is 6.70. The van der Waals surface area contributed by atoms with Crippen LogP contribution in [0.15, 0.2) is 47.4 Å². The third kappa shape index (κ3) is 3.56. The van der Waals surface area contributed by atoms with Gasteiger partial charge in [-0.1, -0.05) is 35.9 Å². The van der Waals surface area contributed by atoms with Crippen LogP contribution in [0.2, 0.25) is 5.02 Å². The summed E-state index contributed by atoms with van der Waals surface area (Å²) in [6.45, 7) is 0.776. The number of fused-ring (bicyclic) bond motifs is 3. The number of carbonyl (C=O) groups excluding carboxylic acids is 1. The van der Waals surface area contributed by atoms with Crippen molar-refractivity contribution in [3.8, 4) is 0 Å². The molecule has 5 heteroatoms. The van der Waals surface area contributed by atoms with Crippen LogP contribution in [0, 0.1) is 0 Å². The SMILES string of the molecule is COC(=O)C[C@H]1CCCc2c1n(Cc1ccc(Cl)cc1)c1c(SC)cccc21. The Balaban J connectivity index is 1.90. The first kappa shape index (κ1) is 19.4. The van der Waals surface area contributed by atoms with E-state index in [2.05, 4.69) is 41.2 Å². The summed E-state index contributed by atoms with van der Waals surface area (Å²) >= 11 is 7.86. The summed E-state index contributed by atoms with van der Waals surface area (Å²) in [6.07, 6.45) is 5.76. The Labute approximate surface area is 175 Å². The summed E-state index contributed by atoms with van der Waals surface area (Å²) in [5.74, 6) is 0.0665. The molecule has 0 fully saturated rings. The second kappa shape index (κ2) is 8.22. The van der Waals surface area contributed by atoms with Gasteiger partial charge in [0, 0.05) is 33.5 Å². The molecule has 0 radical (unpaired) electrons. The lowest BCUT2D eigenvalue weighted by atomic mass is 9.84. The van der Waals surface area contributed by atoms with Crippen molar-refractivity contribution in [3.05, 3.63) is 64.3 Å². The van der Waals surface area contributed by atoms with Gasteiger partial charge in [0.2, 0.25) is 0 Å². The van der Waals surface area contributed by atoms with Crippen molar-refractivity contribution in [3.63, 3.8) is 0 Å². The van der Waals surface area contributed by atoms with Gasteiger partial charge in [-0.3, -0.25) is 4.79 Å². The Bertz CT molecular complexity index is 1010. The molecule has 1 aromatic heterocycles. The van der Waals surface area contributed by atoms with Gasteiger partial charge < -0.3 is 9.30 Å². The molecular formula is C23H24ClNO2S. The molecule has 1 aliphatic rings. The first-order valence-electron chi connectivity index (χ1n) is 9.61. The molecule has 1 aliphatic carbocycles. The van der Waals surface area contributed by atoms with Gasteiger partial charge in [0.15, 0.2) is 0 Å². The summed E-state index contributed by atoms with van der Waals surface area (Å²) in [5, 5.41) is 2.07. The number of nitrogens with zero attached hydrogens (tertiary/aromatic N) is 1. The van der Waals surface area contributed by atoms with Crippen molar-refractivity contribution >= 4 is 40.2 Å². The summed E-state index contributed by atoms with van der Waals surface area (Å²) in [7, 11) is 1.47. The van der Waals surface area contributed by atoms with E-state index in [4.69, 9.17) is 16.3 Å². The number of carbonyl (C=O) groups is 1. The molecule has 3 aromatic rings. The minimum Gasteiger partial charge on any atom is -0.469 e. The van der Waals surface area contributed by atoms with Crippen molar-refractivity contribution < 1.29 is 9.53 Å². The van der Waals surface area contributed by atoms with Crippen molar-refractivity contribution in [2.24, 2.45) is 0 Å². The van der Waals surface area contributed by atoms with Crippen LogP contribution in [0.4, 0.5) is 0 Å². The fourth-order valence-corrected chi connectivity index (χ4v) is 5.20. The number of thioether (sulfide) groups is 1. The molecule has 4 rings (SSSR count). The lowest BCUT2D eigenvalue weighted by Gasteiger charge is -2.25. The average Bonchev–Trinajstić information content (AvgIpc) is 3.04. The predicted molar refractivity (Wildman–Crippen MR) is 117 cm³/mol. The highest BCUT2D eigenvalue weighted by Crippen LogP contribution is 2.43. The van der Waals surface area contributed by atoms with E-state index in [1.54, 1.807) is 11.8 Å². The monoisotopic (exact) mass is 413 g/mol. The lowest BCUT2D eigenvalue weighted by Crippen LogP contribution is -2.18. The molecule has 146 valence electrons. The fourth-order valence-electron chi connectivity index (χ4n) is 4.44. The Kier molecular flexibility index (Phi) is 5.70. The number of aryl methyl sites for hydroxylation is 1. The molecule has 0 aliphatic heterocycles. The van der Waals surface area contributed by atoms with Crippen molar-refractivity contribution in [1.82, 2.24) is 4.57 Å². The fraction of sp³-hybridized carbons (Fsp3) is 0.348. The maximum atomic E-state index is 12.1. The zero-order chi connectivity index (χ0) is 19.7. The largest absolute Gasteiger partial charge is 0.469 e. The first-order chi connectivity index (χ1) is 13.6. The quantitative estimate of drug-likeness (QED) is 0.377. The number of halogens is 1. The molecule has 0 unspecified atom stereocenters. The van der Waals surface area contributed by atoms with E-state index < -0.39 is 0 Å². The standard InChI is InChI=1S/C23H24ClNO2S/c1-27-21(26)13-16-5-3-6-18-19-7-4-8-20(28-2)23(19)25(22(16)18)14-15-9-11-17(24)12-10-15/h4,7-12,16H,3,5-6,13-14H2,1-2H3/t16-/m1/s1. The maximum Gasteiger partial charge on any atom is 0.306 e. The summed E-state index contributed by atoms with van der Waals surface area (Å²) in [4.78, 5) is 13.4. The number of aromatic nitrogens is 1. The van der Waals surface area contributed by atoms with Crippen LogP contribution in [0.25, 0.3) is 10.9 Å². The van der Waals surface area contributed by atoms with Gasteiger partial charge in [-0.15, -0.1) is 11.8 Å². The molecule has 0 N–H and O–H groups in total. The number of ether oxygens (including phenoxy) is 1. The number of hydrogen-bond acceptors (Lipinski definition) is 3.